The van der Waals surface area contributed by atoms with Crippen LogP contribution in [0.5, 0.6) is 0 Å². The molecule has 1 N–H and O–H groups in total. The van der Waals surface area contributed by atoms with E-state index < -0.39 is 0 Å². The molecule has 1 aromatic carbocycles. The van der Waals surface area contributed by atoms with Crippen LogP contribution in [0, 0.1) is 0 Å². The van der Waals surface area contributed by atoms with Crippen molar-refractivity contribution in [2.45, 2.75) is 38.5 Å². The second-order valence-electron chi connectivity index (χ2n) is 4.07. The number of benzene rings is 1. The highest BCUT2D eigenvalue weighted by atomic mass is 16.1. The van der Waals surface area contributed by atoms with Crippen LogP contribution in [0.4, 0.5) is 0 Å². The molecular formula is C14H21NO. The van der Waals surface area contributed by atoms with Crippen LogP contribution in [0.15, 0.2) is 30.3 Å². The number of hydrogen-bond donors (Lipinski definition) is 1. The monoisotopic (exact) mass is 219 g/mol. The number of aryl methyl sites for hydroxylation is 1. The molecule has 0 saturated carbocycles. The van der Waals surface area contributed by atoms with Crippen LogP contribution in [0.2, 0.25) is 0 Å². The zero-order chi connectivity index (χ0) is 11.6. The molecule has 0 aliphatic rings. The molecule has 0 aliphatic carbocycles. The minimum absolute atomic E-state index is 0.156. The molecule has 0 atom stereocenters. The summed E-state index contributed by atoms with van der Waals surface area (Å²) >= 11 is 0. The normalized spacial score (nSPS) is 10.1. The summed E-state index contributed by atoms with van der Waals surface area (Å²) in [6.45, 7) is 0. The first-order valence-electron chi connectivity index (χ1n) is 6.07. The summed E-state index contributed by atoms with van der Waals surface area (Å²) in [5.74, 6) is 0.156. The zero-order valence-corrected chi connectivity index (χ0v) is 10.0. The van der Waals surface area contributed by atoms with E-state index in [1.54, 1.807) is 7.05 Å². The molecule has 2 heteroatoms. The number of rotatable bonds is 7. The van der Waals surface area contributed by atoms with E-state index in [0.29, 0.717) is 6.42 Å². The molecule has 1 aromatic rings. The Hall–Kier alpha value is -1.31. The Morgan fingerprint density at radius 3 is 2.44 bits per heavy atom. The molecule has 0 heterocycles. The highest BCUT2D eigenvalue weighted by molar-refractivity contribution is 5.75. The van der Waals surface area contributed by atoms with Gasteiger partial charge < -0.3 is 5.32 Å². The van der Waals surface area contributed by atoms with Crippen molar-refractivity contribution >= 4 is 5.91 Å². The Morgan fingerprint density at radius 2 is 1.75 bits per heavy atom. The van der Waals surface area contributed by atoms with Crippen LogP contribution < -0.4 is 5.32 Å². The summed E-state index contributed by atoms with van der Waals surface area (Å²) in [6, 6.07) is 10.6. The van der Waals surface area contributed by atoms with E-state index in [1.165, 1.54) is 18.4 Å². The van der Waals surface area contributed by atoms with Crippen molar-refractivity contribution in [1.82, 2.24) is 5.32 Å². The highest BCUT2D eigenvalue weighted by Gasteiger charge is 1.97. The molecule has 0 aliphatic heterocycles. The highest BCUT2D eigenvalue weighted by Crippen LogP contribution is 2.08. The maximum atomic E-state index is 11.0. The van der Waals surface area contributed by atoms with Crippen molar-refractivity contribution in [3.05, 3.63) is 35.9 Å². The third-order valence-corrected chi connectivity index (χ3v) is 2.74. The summed E-state index contributed by atoms with van der Waals surface area (Å²) in [4.78, 5) is 11.0. The molecule has 1 rings (SSSR count). The third kappa shape index (κ3) is 5.54. The molecule has 88 valence electrons. The Balaban J connectivity index is 1.98. The zero-order valence-electron chi connectivity index (χ0n) is 10.0. The number of nitrogens with one attached hydrogen (secondary N) is 1. The van der Waals surface area contributed by atoms with Gasteiger partial charge in [-0.2, -0.15) is 0 Å². The fourth-order valence-corrected chi connectivity index (χ4v) is 1.74. The average molecular weight is 219 g/mol. The Kier molecular flexibility index (Phi) is 6.31. The van der Waals surface area contributed by atoms with Crippen molar-refractivity contribution in [3.63, 3.8) is 0 Å². The quantitative estimate of drug-likeness (QED) is 0.702. The number of hydrogen-bond acceptors (Lipinski definition) is 1. The van der Waals surface area contributed by atoms with E-state index >= 15 is 0 Å². The van der Waals surface area contributed by atoms with Gasteiger partial charge in [-0.15, -0.1) is 0 Å². The van der Waals surface area contributed by atoms with Crippen LogP contribution in [0.25, 0.3) is 0 Å². The summed E-state index contributed by atoms with van der Waals surface area (Å²) in [6.07, 6.45) is 6.42. The molecule has 0 spiro atoms. The summed E-state index contributed by atoms with van der Waals surface area (Å²) in [5, 5.41) is 2.64. The topological polar surface area (TPSA) is 29.1 Å². The van der Waals surface area contributed by atoms with Crippen LogP contribution in [0.3, 0.4) is 0 Å². The van der Waals surface area contributed by atoms with Gasteiger partial charge in [-0.25, -0.2) is 0 Å². The van der Waals surface area contributed by atoms with Gasteiger partial charge in [-0.1, -0.05) is 43.2 Å². The fourth-order valence-electron chi connectivity index (χ4n) is 1.74. The standard InChI is InChI=1S/C14H21NO/c1-15-14(16)12-8-3-2-5-9-13-10-6-4-7-11-13/h4,6-7,10-11H,2-3,5,8-9,12H2,1H3,(H,15,16). The molecule has 0 aromatic heterocycles. The molecule has 0 radical (unpaired) electrons. The first kappa shape index (κ1) is 12.8. The lowest BCUT2D eigenvalue weighted by Crippen LogP contribution is -2.16. The second kappa shape index (κ2) is 7.91. The SMILES string of the molecule is CNC(=O)CCCCCCc1ccccc1. The largest absolute Gasteiger partial charge is 0.359 e. The first-order chi connectivity index (χ1) is 7.83. The smallest absolute Gasteiger partial charge is 0.219 e. The lowest BCUT2D eigenvalue weighted by Gasteiger charge is -2.02. The summed E-state index contributed by atoms with van der Waals surface area (Å²) in [5.41, 5.74) is 1.41. The Bertz CT molecular complexity index is 295. The lowest BCUT2D eigenvalue weighted by molar-refractivity contribution is -0.120. The van der Waals surface area contributed by atoms with Gasteiger partial charge >= 0.3 is 0 Å². The minimum atomic E-state index is 0.156. The van der Waals surface area contributed by atoms with E-state index in [1.807, 2.05) is 6.07 Å². The van der Waals surface area contributed by atoms with E-state index in [0.717, 1.165) is 19.3 Å². The molecule has 0 unspecified atom stereocenters. The Morgan fingerprint density at radius 1 is 1.06 bits per heavy atom. The molecule has 0 saturated heterocycles. The van der Waals surface area contributed by atoms with Crippen molar-refractivity contribution in [2.75, 3.05) is 7.05 Å². The van der Waals surface area contributed by atoms with Crippen LogP contribution in [0.1, 0.15) is 37.7 Å². The fraction of sp³-hybridized carbons (Fsp3) is 0.500. The van der Waals surface area contributed by atoms with Crippen LogP contribution in [-0.2, 0) is 11.2 Å². The number of unbranched alkanes of at least 4 members (excludes halogenated alkanes) is 3. The third-order valence-electron chi connectivity index (χ3n) is 2.74. The molecule has 1 amide bonds. The first-order valence-corrected chi connectivity index (χ1v) is 6.07. The van der Waals surface area contributed by atoms with Crippen LogP contribution in [-0.4, -0.2) is 13.0 Å². The minimum Gasteiger partial charge on any atom is -0.359 e. The van der Waals surface area contributed by atoms with Gasteiger partial charge in [0.1, 0.15) is 0 Å². The lowest BCUT2D eigenvalue weighted by atomic mass is 10.1. The number of amides is 1. The number of carbonyl (C=O) groups is 1. The molecular weight excluding hydrogens is 198 g/mol. The predicted octanol–water partition coefficient (Wildman–Crippen LogP) is 2.93. The van der Waals surface area contributed by atoms with E-state index in [9.17, 15) is 4.79 Å². The van der Waals surface area contributed by atoms with Gasteiger partial charge in [0.2, 0.25) is 5.91 Å². The van der Waals surface area contributed by atoms with Gasteiger partial charge in [-0.05, 0) is 24.8 Å². The second-order valence-corrected chi connectivity index (χ2v) is 4.07. The van der Waals surface area contributed by atoms with Crippen molar-refractivity contribution in [2.24, 2.45) is 0 Å². The molecule has 0 fully saturated rings. The maximum absolute atomic E-state index is 11.0. The number of carbonyl (C=O) groups excluding carboxylic acids is 1. The summed E-state index contributed by atoms with van der Waals surface area (Å²) in [7, 11) is 1.69. The van der Waals surface area contributed by atoms with Crippen molar-refractivity contribution in [3.8, 4) is 0 Å². The van der Waals surface area contributed by atoms with Gasteiger partial charge in [-0.3, -0.25) is 4.79 Å². The van der Waals surface area contributed by atoms with Gasteiger partial charge in [0.25, 0.3) is 0 Å². The van der Waals surface area contributed by atoms with E-state index in [2.05, 4.69) is 29.6 Å². The van der Waals surface area contributed by atoms with E-state index in [-0.39, 0.29) is 5.91 Å². The Labute approximate surface area is 98.1 Å². The van der Waals surface area contributed by atoms with Gasteiger partial charge in [0, 0.05) is 13.5 Å². The van der Waals surface area contributed by atoms with Crippen molar-refractivity contribution in [1.29, 1.82) is 0 Å². The van der Waals surface area contributed by atoms with Crippen LogP contribution >= 0.6 is 0 Å². The molecule has 2 nitrogen and oxygen atoms in total. The predicted molar refractivity (Wildman–Crippen MR) is 67.3 cm³/mol. The van der Waals surface area contributed by atoms with Crippen molar-refractivity contribution < 1.29 is 4.79 Å². The van der Waals surface area contributed by atoms with Gasteiger partial charge in [0.15, 0.2) is 0 Å². The molecule has 0 bridgehead atoms. The molecule has 16 heavy (non-hydrogen) atoms. The average Bonchev–Trinajstić information content (AvgIpc) is 2.34. The van der Waals surface area contributed by atoms with E-state index in [4.69, 9.17) is 0 Å². The summed E-state index contributed by atoms with van der Waals surface area (Å²) < 4.78 is 0. The van der Waals surface area contributed by atoms with Gasteiger partial charge in [0.05, 0.1) is 0 Å². The maximum Gasteiger partial charge on any atom is 0.219 e.